The first-order valence-corrected chi connectivity index (χ1v) is 10.5. The van der Waals surface area contributed by atoms with Crippen molar-refractivity contribution in [3.63, 3.8) is 0 Å². The quantitative estimate of drug-likeness (QED) is 0.566. The summed E-state index contributed by atoms with van der Waals surface area (Å²) in [5, 5.41) is 2.98. The van der Waals surface area contributed by atoms with Crippen LogP contribution in [0.3, 0.4) is 0 Å². The highest BCUT2D eigenvalue weighted by molar-refractivity contribution is 5.99. The van der Waals surface area contributed by atoms with Gasteiger partial charge in [0.1, 0.15) is 5.75 Å². The molecule has 8 heteroatoms. The standard InChI is InChI=1S/C24H30N2O6/c1-29-20-10-6-5-8-16(20)14-25-24(28)18-9-7-11-26(18)15-19(27)17-12-21(30-2)23(32-4)22(13-17)31-3/h5-6,8,10,12-13,18H,7,9,11,14-15H2,1-4H3,(H,25,28)/t18-/m0/s1. The molecule has 0 unspecified atom stereocenters. The summed E-state index contributed by atoms with van der Waals surface area (Å²) >= 11 is 0. The predicted molar refractivity (Wildman–Crippen MR) is 120 cm³/mol. The van der Waals surface area contributed by atoms with Crippen LogP contribution in [0.5, 0.6) is 23.0 Å². The van der Waals surface area contributed by atoms with Crippen LogP contribution in [0, 0.1) is 0 Å². The second-order valence-corrected chi connectivity index (χ2v) is 7.50. The van der Waals surface area contributed by atoms with Crippen molar-refractivity contribution in [3.8, 4) is 23.0 Å². The smallest absolute Gasteiger partial charge is 0.237 e. The summed E-state index contributed by atoms with van der Waals surface area (Å²) in [6.45, 7) is 1.18. The molecule has 1 fully saturated rings. The Kier molecular flexibility index (Phi) is 7.94. The lowest BCUT2D eigenvalue weighted by molar-refractivity contribution is -0.125. The van der Waals surface area contributed by atoms with Gasteiger partial charge in [-0.2, -0.15) is 0 Å². The Bertz CT molecular complexity index is 936. The molecule has 32 heavy (non-hydrogen) atoms. The van der Waals surface area contributed by atoms with Gasteiger partial charge in [0.25, 0.3) is 0 Å². The number of methoxy groups -OCH3 is 4. The number of amides is 1. The van der Waals surface area contributed by atoms with Gasteiger partial charge in [0, 0.05) is 17.7 Å². The Hall–Kier alpha value is -3.26. The number of carbonyl (C=O) groups is 2. The van der Waals surface area contributed by atoms with Crippen molar-refractivity contribution in [2.45, 2.75) is 25.4 Å². The van der Waals surface area contributed by atoms with E-state index in [1.807, 2.05) is 29.2 Å². The second-order valence-electron chi connectivity index (χ2n) is 7.50. The number of ether oxygens (including phenoxy) is 4. The molecule has 0 aromatic heterocycles. The van der Waals surface area contributed by atoms with Gasteiger partial charge in [-0.3, -0.25) is 14.5 Å². The third-order valence-corrected chi connectivity index (χ3v) is 5.65. The van der Waals surface area contributed by atoms with E-state index in [2.05, 4.69) is 5.32 Å². The maximum Gasteiger partial charge on any atom is 0.237 e. The van der Waals surface area contributed by atoms with E-state index < -0.39 is 0 Å². The number of para-hydroxylation sites is 1. The third kappa shape index (κ3) is 5.13. The van der Waals surface area contributed by atoms with Crippen molar-refractivity contribution >= 4 is 11.7 Å². The summed E-state index contributed by atoms with van der Waals surface area (Å²) in [5.74, 6) is 1.79. The fourth-order valence-electron chi connectivity index (χ4n) is 3.98. The Morgan fingerprint density at radius 3 is 2.25 bits per heavy atom. The number of Topliss-reactive ketones (excluding diaryl/α,β-unsaturated/α-hetero) is 1. The summed E-state index contributed by atoms with van der Waals surface area (Å²) in [5.41, 5.74) is 1.35. The molecule has 2 aromatic rings. The van der Waals surface area contributed by atoms with Crippen LogP contribution in [0.4, 0.5) is 0 Å². The molecule has 1 amide bonds. The van der Waals surface area contributed by atoms with E-state index in [9.17, 15) is 9.59 Å². The van der Waals surface area contributed by atoms with Crippen molar-refractivity contribution in [1.29, 1.82) is 0 Å². The van der Waals surface area contributed by atoms with Crippen molar-refractivity contribution in [1.82, 2.24) is 10.2 Å². The molecule has 8 nitrogen and oxygen atoms in total. The van der Waals surface area contributed by atoms with E-state index >= 15 is 0 Å². The number of ketones is 1. The van der Waals surface area contributed by atoms with Gasteiger partial charge in [0.15, 0.2) is 17.3 Å². The van der Waals surface area contributed by atoms with Gasteiger partial charge in [-0.15, -0.1) is 0 Å². The maximum absolute atomic E-state index is 13.0. The topological polar surface area (TPSA) is 86.3 Å². The summed E-state index contributed by atoms with van der Waals surface area (Å²) in [7, 11) is 6.14. The molecule has 0 aliphatic carbocycles. The molecule has 1 aliphatic heterocycles. The Morgan fingerprint density at radius 2 is 1.62 bits per heavy atom. The lowest BCUT2D eigenvalue weighted by atomic mass is 10.1. The normalized spacial score (nSPS) is 15.8. The number of nitrogens with one attached hydrogen (secondary N) is 1. The summed E-state index contributed by atoms with van der Waals surface area (Å²) in [6, 6.07) is 10.5. The van der Waals surface area contributed by atoms with E-state index in [0.29, 0.717) is 42.3 Å². The van der Waals surface area contributed by atoms with Gasteiger partial charge in [0.05, 0.1) is 41.0 Å². The van der Waals surface area contributed by atoms with Crippen LogP contribution >= 0.6 is 0 Å². The molecule has 172 valence electrons. The van der Waals surface area contributed by atoms with Gasteiger partial charge in [-0.1, -0.05) is 18.2 Å². The first kappa shape index (κ1) is 23.4. The predicted octanol–water partition coefficient (Wildman–Crippen LogP) is 2.68. The molecule has 1 N–H and O–H groups in total. The SMILES string of the molecule is COc1ccccc1CNC(=O)[C@@H]1CCCN1CC(=O)c1cc(OC)c(OC)c(OC)c1. The zero-order valence-corrected chi connectivity index (χ0v) is 19.0. The van der Waals surface area contributed by atoms with Gasteiger partial charge in [-0.05, 0) is 37.6 Å². The lowest BCUT2D eigenvalue weighted by Gasteiger charge is -2.23. The average molecular weight is 443 g/mol. The molecule has 1 aliphatic rings. The molecular weight excluding hydrogens is 412 g/mol. The molecule has 0 saturated carbocycles. The van der Waals surface area contributed by atoms with Gasteiger partial charge >= 0.3 is 0 Å². The monoisotopic (exact) mass is 442 g/mol. The van der Waals surface area contributed by atoms with Crippen LogP contribution in [-0.2, 0) is 11.3 Å². The van der Waals surface area contributed by atoms with E-state index in [1.165, 1.54) is 21.3 Å². The lowest BCUT2D eigenvalue weighted by Crippen LogP contribution is -2.44. The zero-order chi connectivity index (χ0) is 23.1. The summed E-state index contributed by atoms with van der Waals surface area (Å²) in [4.78, 5) is 27.8. The van der Waals surface area contributed by atoms with Gasteiger partial charge < -0.3 is 24.3 Å². The van der Waals surface area contributed by atoms with Crippen LogP contribution in [0.2, 0.25) is 0 Å². The molecule has 1 atom stereocenters. The number of carbonyl (C=O) groups excluding carboxylic acids is 2. The second kappa shape index (κ2) is 10.9. The van der Waals surface area contributed by atoms with Crippen molar-refractivity contribution in [2.75, 3.05) is 41.5 Å². The molecule has 0 radical (unpaired) electrons. The fraction of sp³-hybridized carbons (Fsp3) is 0.417. The van der Waals surface area contributed by atoms with Crippen LogP contribution in [0.25, 0.3) is 0 Å². The molecule has 0 spiro atoms. The number of benzene rings is 2. The largest absolute Gasteiger partial charge is 0.496 e. The Balaban J connectivity index is 1.68. The molecule has 1 saturated heterocycles. The highest BCUT2D eigenvalue weighted by Gasteiger charge is 2.32. The fourth-order valence-corrected chi connectivity index (χ4v) is 3.98. The minimum absolute atomic E-state index is 0.0916. The molecule has 1 heterocycles. The Labute approximate surface area is 188 Å². The van der Waals surface area contributed by atoms with Crippen LogP contribution < -0.4 is 24.3 Å². The van der Waals surface area contributed by atoms with Crippen molar-refractivity contribution in [3.05, 3.63) is 47.5 Å². The molecule has 0 bridgehead atoms. The maximum atomic E-state index is 13.0. The van der Waals surface area contributed by atoms with Crippen molar-refractivity contribution < 1.29 is 28.5 Å². The first-order chi connectivity index (χ1) is 15.5. The number of hydrogen-bond acceptors (Lipinski definition) is 7. The highest BCUT2D eigenvalue weighted by Crippen LogP contribution is 2.38. The number of hydrogen-bond donors (Lipinski definition) is 1. The van der Waals surface area contributed by atoms with Crippen LogP contribution in [0.1, 0.15) is 28.8 Å². The summed E-state index contributed by atoms with van der Waals surface area (Å²) in [6.07, 6.45) is 1.57. The van der Waals surface area contributed by atoms with E-state index in [4.69, 9.17) is 18.9 Å². The Morgan fingerprint density at radius 1 is 0.969 bits per heavy atom. The number of likely N-dealkylation sites (tertiary alicyclic amines) is 1. The average Bonchev–Trinajstić information content (AvgIpc) is 3.29. The number of nitrogens with zero attached hydrogens (tertiary/aromatic N) is 1. The zero-order valence-electron chi connectivity index (χ0n) is 19.0. The van der Waals surface area contributed by atoms with Gasteiger partial charge in [0.2, 0.25) is 11.7 Å². The molecular formula is C24H30N2O6. The highest BCUT2D eigenvalue weighted by atomic mass is 16.5. The molecule has 3 rings (SSSR count). The first-order valence-electron chi connectivity index (χ1n) is 10.5. The van der Waals surface area contributed by atoms with E-state index in [0.717, 1.165) is 17.7 Å². The van der Waals surface area contributed by atoms with Crippen LogP contribution in [0.15, 0.2) is 36.4 Å². The van der Waals surface area contributed by atoms with Crippen molar-refractivity contribution in [2.24, 2.45) is 0 Å². The molecule has 2 aromatic carbocycles. The van der Waals surface area contributed by atoms with Crippen LogP contribution in [-0.4, -0.2) is 64.2 Å². The van der Waals surface area contributed by atoms with E-state index in [-0.39, 0.29) is 24.3 Å². The number of rotatable bonds is 10. The third-order valence-electron chi connectivity index (χ3n) is 5.65. The minimum atomic E-state index is -0.351. The van der Waals surface area contributed by atoms with Gasteiger partial charge in [-0.25, -0.2) is 0 Å². The summed E-state index contributed by atoms with van der Waals surface area (Å²) < 4.78 is 21.4. The van der Waals surface area contributed by atoms with E-state index in [1.54, 1.807) is 19.2 Å². The minimum Gasteiger partial charge on any atom is -0.496 e.